The lowest BCUT2D eigenvalue weighted by atomic mass is 10.0. The number of carbonyl (C=O) groups excluding carboxylic acids is 1. The minimum atomic E-state index is -0.210. The molecule has 4 heterocycles. The number of oxazole rings is 1. The van der Waals surface area contributed by atoms with Crippen LogP contribution < -0.4 is 5.56 Å². The van der Waals surface area contributed by atoms with Crippen molar-refractivity contribution in [3.8, 4) is 0 Å². The third-order valence-corrected chi connectivity index (χ3v) is 6.14. The summed E-state index contributed by atoms with van der Waals surface area (Å²) in [4.78, 5) is 32.7. The summed E-state index contributed by atoms with van der Waals surface area (Å²) in [5.41, 5.74) is 1.62. The topological polar surface area (TPSA) is 77.6 Å². The second-order valence-corrected chi connectivity index (χ2v) is 8.84. The van der Waals surface area contributed by atoms with Crippen molar-refractivity contribution in [3.05, 3.63) is 51.1 Å². The van der Waals surface area contributed by atoms with Gasteiger partial charge in [-0.2, -0.15) is 0 Å². The molecule has 7 heteroatoms. The predicted molar refractivity (Wildman–Crippen MR) is 113 cm³/mol. The standard InChI is InChI=1S/C23H31N3O4/c1-15(2)4-9-25-10-5-16(3)20(22(25)27)23(28)26-11-6-19-18(14-26)24-21(30-19)17-7-12-29-13-8-17/h5,10,15,17H,4,6-9,11-14H2,1-3H3. The van der Waals surface area contributed by atoms with Crippen LogP contribution in [0.2, 0.25) is 0 Å². The number of hydrogen-bond donors (Lipinski definition) is 0. The van der Waals surface area contributed by atoms with Gasteiger partial charge >= 0.3 is 0 Å². The van der Waals surface area contributed by atoms with Gasteiger partial charge in [0.15, 0.2) is 5.89 Å². The van der Waals surface area contributed by atoms with Crippen molar-refractivity contribution in [1.82, 2.24) is 14.5 Å². The van der Waals surface area contributed by atoms with E-state index < -0.39 is 0 Å². The Balaban J connectivity index is 1.53. The molecule has 30 heavy (non-hydrogen) atoms. The Morgan fingerprint density at radius 3 is 2.80 bits per heavy atom. The second-order valence-electron chi connectivity index (χ2n) is 8.84. The lowest BCUT2D eigenvalue weighted by Gasteiger charge is -2.26. The van der Waals surface area contributed by atoms with Crippen LogP contribution in [0.25, 0.3) is 0 Å². The first kappa shape index (κ1) is 20.8. The van der Waals surface area contributed by atoms with Crippen molar-refractivity contribution in [1.29, 1.82) is 0 Å². The van der Waals surface area contributed by atoms with Gasteiger partial charge in [-0.25, -0.2) is 4.98 Å². The molecule has 0 N–H and O–H groups in total. The monoisotopic (exact) mass is 413 g/mol. The highest BCUT2D eigenvalue weighted by Crippen LogP contribution is 2.30. The van der Waals surface area contributed by atoms with Crippen LogP contribution in [0.5, 0.6) is 0 Å². The number of fused-ring (bicyclic) bond motifs is 1. The lowest BCUT2D eigenvalue weighted by molar-refractivity contribution is 0.0722. The molecule has 2 aromatic heterocycles. The zero-order valence-electron chi connectivity index (χ0n) is 18.1. The summed E-state index contributed by atoms with van der Waals surface area (Å²) in [6.45, 7) is 9.10. The van der Waals surface area contributed by atoms with E-state index in [2.05, 4.69) is 13.8 Å². The molecule has 2 aliphatic rings. The highest BCUT2D eigenvalue weighted by Gasteiger charge is 2.30. The number of nitrogens with zero attached hydrogens (tertiary/aromatic N) is 3. The lowest BCUT2D eigenvalue weighted by Crippen LogP contribution is -2.40. The molecule has 1 fully saturated rings. The molecule has 0 atom stereocenters. The molecule has 2 aromatic rings. The zero-order chi connectivity index (χ0) is 21.3. The molecule has 1 saturated heterocycles. The summed E-state index contributed by atoms with van der Waals surface area (Å²) in [5.74, 6) is 2.22. The average molecular weight is 414 g/mol. The van der Waals surface area contributed by atoms with Gasteiger partial charge in [0.05, 0.1) is 6.54 Å². The summed E-state index contributed by atoms with van der Waals surface area (Å²) in [7, 11) is 0. The third kappa shape index (κ3) is 4.21. The van der Waals surface area contributed by atoms with E-state index in [1.807, 2.05) is 13.0 Å². The minimum Gasteiger partial charge on any atom is -0.445 e. The van der Waals surface area contributed by atoms with Crippen molar-refractivity contribution in [2.24, 2.45) is 5.92 Å². The number of rotatable bonds is 5. The number of carbonyl (C=O) groups is 1. The Kier molecular flexibility index (Phi) is 6.09. The van der Waals surface area contributed by atoms with Crippen LogP contribution in [0, 0.1) is 12.8 Å². The summed E-state index contributed by atoms with van der Waals surface area (Å²) < 4.78 is 13.1. The molecule has 0 aromatic carbocycles. The number of ether oxygens (including phenoxy) is 1. The molecular weight excluding hydrogens is 382 g/mol. The molecule has 4 rings (SSSR count). The highest BCUT2D eigenvalue weighted by molar-refractivity contribution is 5.95. The van der Waals surface area contributed by atoms with Crippen LogP contribution in [-0.2, 0) is 24.2 Å². The largest absolute Gasteiger partial charge is 0.445 e. The Bertz CT molecular complexity index is 969. The van der Waals surface area contributed by atoms with E-state index in [-0.39, 0.29) is 22.9 Å². The molecule has 2 aliphatic heterocycles. The highest BCUT2D eigenvalue weighted by atomic mass is 16.5. The average Bonchev–Trinajstić information content (AvgIpc) is 3.17. The number of pyridine rings is 1. The summed E-state index contributed by atoms with van der Waals surface area (Å²) in [6.07, 6.45) is 5.16. The van der Waals surface area contributed by atoms with Crippen LogP contribution in [0.3, 0.4) is 0 Å². The third-order valence-electron chi connectivity index (χ3n) is 6.14. The van der Waals surface area contributed by atoms with Crippen molar-refractivity contribution in [3.63, 3.8) is 0 Å². The van der Waals surface area contributed by atoms with Crippen molar-refractivity contribution in [2.75, 3.05) is 19.8 Å². The maximum absolute atomic E-state index is 13.3. The van der Waals surface area contributed by atoms with Crippen LogP contribution in [-0.4, -0.2) is 40.1 Å². The van der Waals surface area contributed by atoms with Gasteiger partial charge < -0.3 is 18.6 Å². The minimum absolute atomic E-state index is 0.200. The summed E-state index contributed by atoms with van der Waals surface area (Å²) >= 11 is 0. The normalized spacial score (nSPS) is 17.4. The Morgan fingerprint density at radius 1 is 1.30 bits per heavy atom. The quantitative estimate of drug-likeness (QED) is 0.752. The van der Waals surface area contributed by atoms with Gasteiger partial charge in [-0.1, -0.05) is 13.8 Å². The summed E-state index contributed by atoms with van der Waals surface area (Å²) in [5, 5.41) is 0. The molecule has 0 unspecified atom stereocenters. The first-order valence-electron chi connectivity index (χ1n) is 11.0. The SMILES string of the molecule is Cc1ccn(CCC(C)C)c(=O)c1C(=O)N1CCc2oc(C3CCOCC3)nc2C1. The van der Waals surface area contributed by atoms with E-state index in [0.29, 0.717) is 32.0 Å². The van der Waals surface area contributed by atoms with Gasteiger partial charge in [-0.05, 0) is 43.7 Å². The van der Waals surface area contributed by atoms with Gasteiger partial charge in [0.25, 0.3) is 11.5 Å². The Hall–Kier alpha value is -2.41. The van der Waals surface area contributed by atoms with Gasteiger partial charge in [0.1, 0.15) is 17.0 Å². The van der Waals surface area contributed by atoms with E-state index in [4.69, 9.17) is 14.1 Å². The maximum atomic E-state index is 13.3. The smallest absolute Gasteiger partial charge is 0.263 e. The van der Waals surface area contributed by atoms with Gasteiger partial charge in [-0.15, -0.1) is 0 Å². The molecule has 0 aliphatic carbocycles. The first-order chi connectivity index (χ1) is 14.4. The zero-order valence-corrected chi connectivity index (χ0v) is 18.1. The fraction of sp³-hybridized carbons (Fsp3) is 0.609. The fourth-order valence-electron chi connectivity index (χ4n) is 4.17. The van der Waals surface area contributed by atoms with Crippen LogP contribution >= 0.6 is 0 Å². The Labute approximate surface area is 177 Å². The molecule has 7 nitrogen and oxygen atoms in total. The van der Waals surface area contributed by atoms with E-state index >= 15 is 0 Å². The van der Waals surface area contributed by atoms with Crippen LogP contribution in [0.1, 0.15) is 72.3 Å². The molecule has 0 radical (unpaired) electrons. The molecule has 0 spiro atoms. The molecule has 0 bridgehead atoms. The molecular formula is C23H31N3O4. The number of aromatic nitrogens is 2. The van der Waals surface area contributed by atoms with E-state index in [1.165, 1.54) is 0 Å². The number of amides is 1. The van der Waals surface area contributed by atoms with Crippen molar-refractivity contribution in [2.45, 2.75) is 65.5 Å². The second kappa shape index (κ2) is 8.76. The Morgan fingerprint density at radius 2 is 2.07 bits per heavy atom. The van der Waals surface area contributed by atoms with Crippen molar-refractivity contribution >= 4 is 5.91 Å². The van der Waals surface area contributed by atoms with Gasteiger partial charge in [0.2, 0.25) is 0 Å². The van der Waals surface area contributed by atoms with Gasteiger partial charge in [0, 0.05) is 44.8 Å². The molecule has 0 saturated carbocycles. The van der Waals surface area contributed by atoms with E-state index in [0.717, 1.165) is 55.4 Å². The van der Waals surface area contributed by atoms with Crippen molar-refractivity contribution < 1.29 is 13.9 Å². The van der Waals surface area contributed by atoms with E-state index in [9.17, 15) is 9.59 Å². The fourth-order valence-corrected chi connectivity index (χ4v) is 4.17. The van der Waals surface area contributed by atoms with Gasteiger partial charge in [-0.3, -0.25) is 9.59 Å². The molecule has 1 amide bonds. The first-order valence-corrected chi connectivity index (χ1v) is 11.0. The predicted octanol–water partition coefficient (Wildman–Crippen LogP) is 3.28. The van der Waals surface area contributed by atoms with Crippen LogP contribution in [0.4, 0.5) is 0 Å². The molecule has 162 valence electrons. The van der Waals surface area contributed by atoms with Crippen LogP contribution in [0.15, 0.2) is 21.5 Å². The maximum Gasteiger partial charge on any atom is 0.263 e. The van der Waals surface area contributed by atoms with E-state index in [1.54, 1.807) is 15.7 Å². The number of aryl methyl sites for hydroxylation is 2. The summed E-state index contributed by atoms with van der Waals surface area (Å²) in [6, 6.07) is 1.86. The number of hydrogen-bond acceptors (Lipinski definition) is 5.